The summed E-state index contributed by atoms with van der Waals surface area (Å²) in [6.07, 6.45) is 4.78. The topological polar surface area (TPSA) is 37.8 Å². The minimum atomic E-state index is 0.00116. The fraction of sp³-hybridized carbons (Fsp3) is 0.417. The van der Waals surface area contributed by atoms with Gasteiger partial charge in [0.2, 0.25) is 0 Å². The van der Waals surface area contributed by atoms with Gasteiger partial charge in [0.25, 0.3) is 5.56 Å². The second-order valence-corrected chi connectivity index (χ2v) is 4.30. The zero-order chi connectivity index (χ0) is 10.8. The average molecular weight is 204 g/mol. The van der Waals surface area contributed by atoms with E-state index in [0.29, 0.717) is 5.92 Å². The second kappa shape index (κ2) is 3.93. The summed E-state index contributed by atoms with van der Waals surface area (Å²) in [4.78, 5) is 14.3. The van der Waals surface area contributed by atoms with Crippen molar-refractivity contribution < 1.29 is 0 Å². The number of nitrogens with zero attached hydrogens (tertiary/aromatic N) is 1. The lowest BCUT2D eigenvalue weighted by molar-refractivity contribution is 0.524. The van der Waals surface area contributed by atoms with Crippen molar-refractivity contribution in [3.8, 4) is 0 Å². The van der Waals surface area contributed by atoms with Gasteiger partial charge in [-0.15, -0.1) is 0 Å². The van der Waals surface area contributed by atoms with Crippen LogP contribution in [-0.4, -0.2) is 9.55 Å². The highest BCUT2D eigenvalue weighted by Gasteiger charge is 2.04. The van der Waals surface area contributed by atoms with Gasteiger partial charge >= 0.3 is 0 Å². The lowest BCUT2D eigenvalue weighted by atomic mass is 10.1. The van der Waals surface area contributed by atoms with Gasteiger partial charge in [0.05, 0.1) is 0 Å². The molecule has 0 bridgehead atoms. The van der Waals surface area contributed by atoms with E-state index >= 15 is 0 Å². The molecule has 0 spiro atoms. The molecule has 0 fully saturated rings. The van der Waals surface area contributed by atoms with Crippen LogP contribution in [0.25, 0.3) is 10.9 Å². The summed E-state index contributed by atoms with van der Waals surface area (Å²) in [5.41, 5.74) is 0.791. The zero-order valence-electron chi connectivity index (χ0n) is 9.16. The van der Waals surface area contributed by atoms with Crippen LogP contribution in [0.2, 0.25) is 0 Å². The summed E-state index contributed by atoms with van der Waals surface area (Å²) < 4.78 is 2.04. The quantitative estimate of drug-likeness (QED) is 0.819. The summed E-state index contributed by atoms with van der Waals surface area (Å²) in [7, 11) is 0. The molecule has 0 aromatic carbocycles. The van der Waals surface area contributed by atoms with Crippen molar-refractivity contribution >= 4 is 10.9 Å². The molecule has 2 aromatic rings. The van der Waals surface area contributed by atoms with Crippen LogP contribution in [0.3, 0.4) is 0 Å². The van der Waals surface area contributed by atoms with Gasteiger partial charge in [-0.2, -0.15) is 0 Å². The molecule has 2 rings (SSSR count). The fourth-order valence-electron chi connectivity index (χ4n) is 1.74. The number of fused-ring (bicyclic) bond motifs is 1. The van der Waals surface area contributed by atoms with Crippen molar-refractivity contribution in [1.29, 1.82) is 0 Å². The predicted octanol–water partition coefficient (Wildman–Crippen LogP) is 2.38. The number of aromatic nitrogens is 2. The van der Waals surface area contributed by atoms with Gasteiger partial charge in [-0.05, 0) is 24.5 Å². The zero-order valence-corrected chi connectivity index (χ0v) is 9.16. The van der Waals surface area contributed by atoms with Gasteiger partial charge in [-0.1, -0.05) is 13.8 Å². The van der Waals surface area contributed by atoms with Crippen molar-refractivity contribution in [2.45, 2.75) is 26.8 Å². The predicted molar refractivity (Wildman–Crippen MR) is 62.0 cm³/mol. The van der Waals surface area contributed by atoms with E-state index < -0.39 is 0 Å². The molecule has 0 saturated heterocycles. The first-order valence-corrected chi connectivity index (χ1v) is 5.35. The van der Waals surface area contributed by atoms with Gasteiger partial charge in [-0.3, -0.25) is 4.79 Å². The Balaban J connectivity index is 2.40. The third-order valence-electron chi connectivity index (χ3n) is 2.63. The molecular formula is C12H16N2O. The van der Waals surface area contributed by atoms with E-state index in [1.165, 1.54) is 0 Å². The summed E-state index contributed by atoms with van der Waals surface area (Å²) >= 11 is 0. The number of H-pyrrole nitrogens is 1. The van der Waals surface area contributed by atoms with Crippen LogP contribution in [0.4, 0.5) is 0 Å². The Morgan fingerprint density at radius 1 is 1.40 bits per heavy atom. The van der Waals surface area contributed by atoms with Gasteiger partial charge in [0, 0.05) is 24.3 Å². The Kier molecular flexibility index (Phi) is 2.62. The van der Waals surface area contributed by atoms with Crippen LogP contribution in [0.5, 0.6) is 0 Å². The minimum absolute atomic E-state index is 0.00116. The number of hydrogen-bond acceptors (Lipinski definition) is 1. The van der Waals surface area contributed by atoms with Crippen LogP contribution in [0.15, 0.2) is 29.3 Å². The van der Waals surface area contributed by atoms with E-state index in [0.717, 1.165) is 23.9 Å². The standard InChI is InChI=1S/C12H16N2O/c1-9(2)4-7-14-8-5-10-3-6-13-12(15)11(10)14/h3,5-6,8-9H,4,7H2,1-2H3,(H,13,15). The van der Waals surface area contributed by atoms with Gasteiger partial charge in [0.1, 0.15) is 5.52 Å². The Labute approximate surface area is 88.7 Å². The maximum Gasteiger partial charge on any atom is 0.272 e. The monoisotopic (exact) mass is 204 g/mol. The van der Waals surface area contributed by atoms with Crippen molar-refractivity contribution in [3.63, 3.8) is 0 Å². The van der Waals surface area contributed by atoms with Gasteiger partial charge in [0.15, 0.2) is 0 Å². The molecule has 0 unspecified atom stereocenters. The lowest BCUT2D eigenvalue weighted by Crippen LogP contribution is -2.10. The minimum Gasteiger partial charge on any atom is -0.343 e. The van der Waals surface area contributed by atoms with Crippen molar-refractivity contribution in [1.82, 2.24) is 9.55 Å². The summed E-state index contributed by atoms with van der Waals surface area (Å²) in [5.74, 6) is 0.658. The first kappa shape index (κ1) is 10.0. The highest BCUT2D eigenvalue weighted by molar-refractivity contribution is 5.78. The number of hydrogen-bond donors (Lipinski definition) is 1. The van der Waals surface area contributed by atoms with E-state index in [2.05, 4.69) is 18.8 Å². The molecule has 80 valence electrons. The summed E-state index contributed by atoms with van der Waals surface area (Å²) in [6.45, 7) is 5.29. The van der Waals surface area contributed by atoms with E-state index in [1.54, 1.807) is 6.20 Å². The van der Waals surface area contributed by atoms with E-state index in [9.17, 15) is 4.79 Å². The SMILES string of the molecule is CC(C)CCn1ccc2cc[nH]c(=O)c21. The molecule has 0 radical (unpaired) electrons. The lowest BCUT2D eigenvalue weighted by Gasteiger charge is -2.06. The van der Waals surface area contributed by atoms with Crippen LogP contribution < -0.4 is 5.56 Å². The molecule has 2 heterocycles. The third-order valence-corrected chi connectivity index (χ3v) is 2.63. The first-order chi connectivity index (χ1) is 7.18. The third kappa shape index (κ3) is 1.96. The molecule has 1 N–H and O–H groups in total. The molecule has 3 heteroatoms. The Hall–Kier alpha value is -1.51. The Morgan fingerprint density at radius 3 is 2.93 bits per heavy atom. The summed E-state index contributed by atoms with van der Waals surface area (Å²) in [5, 5.41) is 1.02. The van der Waals surface area contributed by atoms with Crippen molar-refractivity contribution in [2.24, 2.45) is 5.92 Å². The number of aryl methyl sites for hydroxylation is 1. The van der Waals surface area contributed by atoms with Crippen molar-refractivity contribution in [3.05, 3.63) is 34.9 Å². The molecule has 2 aromatic heterocycles. The molecule has 3 nitrogen and oxygen atoms in total. The smallest absolute Gasteiger partial charge is 0.272 e. The van der Waals surface area contributed by atoms with Crippen LogP contribution in [0.1, 0.15) is 20.3 Å². The Bertz CT molecular complexity index is 508. The van der Waals surface area contributed by atoms with Crippen molar-refractivity contribution in [2.75, 3.05) is 0 Å². The molecule has 15 heavy (non-hydrogen) atoms. The fourth-order valence-corrected chi connectivity index (χ4v) is 1.74. The normalized spacial score (nSPS) is 11.4. The van der Waals surface area contributed by atoms with Gasteiger partial charge in [-0.25, -0.2) is 0 Å². The highest BCUT2D eigenvalue weighted by Crippen LogP contribution is 2.12. The Morgan fingerprint density at radius 2 is 2.20 bits per heavy atom. The maximum atomic E-state index is 11.6. The molecule has 0 atom stereocenters. The number of pyridine rings is 1. The molecule has 0 aliphatic heterocycles. The number of aromatic amines is 1. The van der Waals surface area contributed by atoms with Crippen LogP contribution in [0, 0.1) is 5.92 Å². The largest absolute Gasteiger partial charge is 0.343 e. The first-order valence-electron chi connectivity index (χ1n) is 5.35. The second-order valence-electron chi connectivity index (χ2n) is 4.30. The molecule has 0 aliphatic carbocycles. The number of nitrogens with one attached hydrogen (secondary N) is 1. The summed E-state index contributed by atoms with van der Waals surface area (Å²) in [6, 6.07) is 3.92. The maximum absolute atomic E-state index is 11.6. The van der Waals surface area contributed by atoms with Crippen LogP contribution >= 0.6 is 0 Å². The van der Waals surface area contributed by atoms with Crippen LogP contribution in [-0.2, 0) is 6.54 Å². The number of rotatable bonds is 3. The molecule has 0 amide bonds. The molecule has 0 aliphatic rings. The van der Waals surface area contributed by atoms with E-state index in [4.69, 9.17) is 0 Å². The molecule has 0 saturated carbocycles. The van der Waals surface area contributed by atoms with E-state index in [-0.39, 0.29) is 5.56 Å². The van der Waals surface area contributed by atoms with E-state index in [1.807, 2.05) is 22.9 Å². The molecular weight excluding hydrogens is 188 g/mol. The van der Waals surface area contributed by atoms with Gasteiger partial charge < -0.3 is 9.55 Å². The average Bonchev–Trinajstić information content (AvgIpc) is 2.59. The highest BCUT2D eigenvalue weighted by atomic mass is 16.1.